The number of hydrogen-bond donors (Lipinski definition) is 3. The fraction of sp³-hybridized carbons (Fsp3) is 0.280. The molecule has 1 atom stereocenters. The number of methoxy groups -OCH3 is 1. The van der Waals surface area contributed by atoms with Crippen LogP contribution in [0.4, 0.5) is 15.6 Å². The van der Waals surface area contributed by atoms with Crippen LogP contribution in [0.25, 0.3) is 0 Å². The number of sulfone groups is 1. The number of nitrogens with zero attached hydrogens (tertiary/aromatic N) is 5. The Morgan fingerprint density at radius 3 is 2.60 bits per heavy atom. The number of carbonyl (C=O) groups excluding carboxylic acids is 2. The molecule has 4 rings (SSSR count). The average Bonchev–Trinajstić information content (AvgIpc) is 3.62. The first-order valence-electron chi connectivity index (χ1n) is 12.0. The topological polar surface area (TPSA) is 172 Å². The second-order valence-electron chi connectivity index (χ2n) is 9.06. The van der Waals surface area contributed by atoms with Gasteiger partial charge in [0.2, 0.25) is 9.84 Å². The van der Waals surface area contributed by atoms with Gasteiger partial charge in [-0.15, -0.1) is 11.3 Å². The van der Waals surface area contributed by atoms with Crippen molar-refractivity contribution in [3.05, 3.63) is 70.2 Å². The second-order valence-corrected chi connectivity index (χ2v) is 12.2. The lowest BCUT2D eigenvalue weighted by Crippen LogP contribution is -2.21. The molecule has 0 saturated heterocycles. The molecular formula is C25H28N8O5S2. The fourth-order valence-corrected chi connectivity index (χ4v) is 6.63. The van der Waals surface area contributed by atoms with Gasteiger partial charge in [-0.2, -0.15) is 0 Å². The first-order valence-corrected chi connectivity index (χ1v) is 14.4. The van der Waals surface area contributed by atoms with Gasteiger partial charge in [0.1, 0.15) is 11.0 Å². The summed E-state index contributed by atoms with van der Waals surface area (Å²) in [5.41, 5.74) is 1.77. The Balaban J connectivity index is 1.55. The molecule has 2 aromatic carbocycles. The number of anilines is 2. The largest absolute Gasteiger partial charge is 0.496 e. The lowest BCUT2D eigenvalue weighted by Gasteiger charge is -2.16. The lowest BCUT2D eigenvalue weighted by molar-refractivity contribution is 0.103. The smallest absolute Gasteiger partial charge is 0.325 e. The molecule has 0 saturated carbocycles. The molecule has 40 heavy (non-hydrogen) atoms. The number of aromatic nitrogens is 5. The molecule has 0 aliphatic rings. The maximum absolute atomic E-state index is 13.4. The van der Waals surface area contributed by atoms with Crippen LogP contribution in [0.3, 0.4) is 0 Å². The quantitative estimate of drug-likeness (QED) is 0.222. The molecule has 0 aliphatic carbocycles. The Morgan fingerprint density at radius 2 is 1.90 bits per heavy atom. The SMILES string of the molecule is COc1ccccc1C(=O)c1cc(C)ccc1NC(=O)Nc1ncc(C(CCN(C)C)S(=O)(=O)c2nnn[nH]2)s1. The molecule has 4 aromatic rings. The van der Waals surface area contributed by atoms with Crippen molar-refractivity contribution in [2.45, 2.75) is 23.8 Å². The van der Waals surface area contributed by atoms with E-state index in [1.165, 1.54) is 13.3 Å². The lowest BCUT2D eigenvalue weighted by atomic mass is 9.99. The predicted octanol–water partition coefficient (Wildman–Crippen LogP) is 3.31. The highest BCUT2D eigenvalue weighted by Crippen LogP contribution is 2.35. The maximum atomic E-state index is 13.4. The van der Waals surface area contributed by atoms with Crippen LogP contribution < -0.4 is 15.4 Å². The molecule has 0 aliphatic heterocycles. The van der Waals surface area contributed by atoms with E-state index in [4.69, 9.17) is 4.74 Å². The van der Waals surface area contributed by atoms with Crippen molar-refractivity contribution in [3.63, 3.8) is 0 Å². The minimum Gasteiger partial charge on any atom is -0.496 e. The number of hydrogen-bond acceptors (Lipinski definition) is 11. The van der Waals surface area contributed by atoms with Crippen LogP contribution in [0.15, 0.2) is 53.8 Å². The van der Waals surface area contributed by atoms with Crippen LogP contribution in [0.2, 0.25) is 0 Å². The van der Waals surface area contributed by atoms with E-state index in [2.05, 4.69) is 36.2 Å². The Morgan fingerprint density at radius 1 is 1.12 bits per heavy atom. The number of benzene rings is 2. The number of ketones is 1. The van der Waals surface area contributed by atoms with Crippen LogP contribution in [-0.4, -0.2) is 78.5 Å². The van der Waals surface area contributed by atoms with E-state index in [1.807, 2.05) is 25.9 Å². The van der Waals surface area contributed by atoms with Crippen LogP contribution in [-0.2, 0) is 9.84 Å². The number of aryl methyl sites for hydroxylation is 1. The summed E-state index contributed by atoms with van der Waals surface area (Å²) in [5, 5.41) is 16.8. The molecule has 1 unspecified atom stereocenters. The number of carbonyl (C=O) groups is 2. The van der Waals surface area contributed by atoms with E-state index >= 15 is 0 Å². The number of thiazole rings is 1. The van der Waals surface area contributed by atoms with Gasteiger partial charge in [0.05, 0.1) is 18.4 Å². The molecular weight excluding hydrogens is 556 g/mol. The third-order valence-electron chi connectivity index (χ3n) is 5.89. The van der Waals surface area contributed by atoms with Gasteiger partial charge in [0, 0.05) is 16.6 Å². The number of amides is 2. The average molecular weight is 585 g/mol. The van der Waals surface area contributed by atoms with Crippen molar-refractivity contribution in [1.82, 2.24) is 30.5 Å². The highest BCUT2D eigenvalue weighted by atomic mass is 32.2. The van der Waals surface area contributed by atoms with E-state index in [0.717, 1.165) is 16.9 Å². The molecule has 3 N–H and O–H groups in total. The van der Waals surface area contributed by atoms with Gasteiger partial charge < -0.3 is 15.0 Å². The third-order valence-corrected chi connectivity index (χ3v) is 9.02. The summed E-state index contributed by atoms with van der Waals surface area (Å²) in [6, 6.07) is 11.3. The van der Waals surface area contributed by atoms with Gasteiger partial charge in [0.15, 0.2) is 10.9 Å². The van der Waals surface area contributed by atoms with Crippen molar-refractivity contribution in [2.24, 2.45) is 0 Å². The van der Waals surface area contributed by atoms with Gasteiger partial charge in [0.25, 0.3) is 5.16 Å². The summed E-state index contributed by atoms with van der Waals surface area (Å²) >= 11 is 1.02. The zero-order valence-corrected chi connectivity index (χ0v) is 23.8. The number of urea groups is 1. The number of ether oxygens (including phenoxy) is 1. The molecule has 2 aromatic heterocycles. The number of H-pyrrole nitrogens is 1. The summed E-state index contributed by atoms with van der Waals surface area (Å²) in [5.74, 6) is 0.100. The predicted molar refractivity (Wildman–Crippen MR) is 150 cm³/mol. The molecule has 15 heteroatoms. The van der Waals surface area contributed by atoms with E-state index in [1.54, 1.807) is 42.5 Å². The van der Waals surface area contributed by atoms with Crippen molar-refractivity contribution in [2.75, 3.05) is 38.4 Å². The molecule has 0 spiro atoms. The summed E-state index contributed by atoms with van der Waals surface area (Å²) in [6.45, 7) is 2.32. The fourth-order valence-electron chi connectivity index (χ4n) is 3.91. The first-order chi connectivity index (χ1) is 19.1. The van der Waals surface area contributed by atoms with Gasteiger partial charge in [-0.05, 0) is 68.7 Å². The normalized spacial score (nSPS) is 12.2. The van der Waals surface area contributed by atoms with Crippen LogP contribution in [0.1, 0.15) is 38.0 Å². The number of tetrazole rings is 1. The van der Waals surface area contributed by atoms with Crippen molar-refractivity contribution in [1.29, 1.82) is 0 Å². The molecule has 13 nitrogen and oxygen atoms in total. The number of aromatic amines is 1. The Hall–Kier alpha value is -4.21. The highest BCUT2D eigenvalue weighted by molar-refractivity contribution is 7.91. The molecule has 0 bridgehead atoms. The zero-order valence-electron chi connectivity index (χ0n) is 22.2. The van der Waals surface area contributed by atoms with Crippen molar-refractivity contribution >= 4 is 43.8 Å². The molecule has 210 valence electrons. The van der Waals surface area contributed by atoms with E-state index in [-0.39, 0.29) is 28.1 Å². The highest BCUT2D eigenvalue weighted by Gasteiger charge is 2.34. The monoisotopic (exact) mass is 584 g/mol. The molecule has 0 fully saturated rings. The minimum absolute atomic E-state index is 0.179. The molecule has 2 amide bonds. The van der Waals surface area contributed by atoms with Crippen LogP contribution in [0, 0.1) is 6.92 Å². The molecule has 2 heterocycles. The number of nitrogens with one attached hydrogen (secondary N) is 3. The summed E-state index contributed by atoms with van der Waals surface area (Å²) < 4.78 is 31.8. The van der Waals surface area contributed by atoms with Crippen LogP contribution in [0.5, 0.6) is 5.75 Å². The Labute approximate surface area is 234 Å². The van der Waals surface area contributed by atoms with Gasteiger partial charge >= 0.3 is 6.03 Å². The Kier molecular flexibility index (Phi) is 8.86. The summed E-state index contributed by atoms with van der Waals surface area (Å²) in [4.78, 5) is 32.8. The van der Waals surface area contributed by atoms with Crippen LogP contribution >= 0.6 is 11.3 Å². The van der Waals surface area contributed by atoms with E-state index < -0.39 is 21.1 Å². The van der Waals surface area contributed by atoms with E-state index in [9.17, 15) is 18.0 Å². The number of rotatable bonds is 11. The van der Waals surface area contributed by atoms with Crippen molar-refractivity contribution in [3.8, 4) is 5.75 Å². The zero-order chi connectivity index (χ0) is 28.9. The Bertz CT molecular complexity index is 1600. The maximum Gasteiger partial charge on any atom is 0.325 e. The van der Waals surface area contributed by atoms with E-state index in [0.29, 0.717) is 28.4 Å². The summed E-state index contributed by atoms with van der Waals surface area (Å²) in [7, 11) is 1.21. The van der Waals surface area contributed by atoms with Gasteiger partial charge in [-0.25, -0.2) is 23.3 Å². The van der Waals surface area contributed by atoms with Gasteiger partial charge in [-0.1, -0.05) is 28.9 Å². The number of para-hydroxylation sites is 1. The standard InChI is InChI=1S/C25H28N8O5S2/c1-15-9-10-18(17(13-15)22(34)16-7-5-6-8-19(16)38-4)27-23(35)28-24-26-14-20(39-24)21(11-12-33(2)3)40(36,37)25-29-31-32-30-25/h5-10,13-14,21H,11-12H2,1-4H3,(H2,26,27,28,35)(H,29,30,31,32). The third kappa shape index (κ3) is 6.50. The first kappa shape index (κ1) is 28.8. The molecule has 0 radical (unpaired) electrons. The van der Waals surface area contributed by atoms with Crippen molar-refractivity contribution < 1.29 is 22.7 Å². The summed E-state index contributed by atoms with van der Waals surface area (Å²) in [6.07, 6.45) is 1.66. The van der Waals surface area contributed by atoms with Gasteiger partial charge in [-0.3, -0.25) is 10.1 Å². The second kappa shape index (κ2) is 12.3. The minimum atomic E-state index is -3.95.